The van der Waals surface area contributed by atoms with Gasteiger partial charge in [0.15, 0.2) is 11.6 Å². The first-order valence-corrected chi connectivity index (χ1v) is 6.12. The van der Waals surface area contributed by atoms with Crippen molar-refractivity contribution in [3.05, 3.63) is 35.4 Å². The summed E-state index contributed by atoms with van der Waals surface area (Å²) in [7, 11) is 0. The minimum Gasteiger partial charge on any atom is -0.314 e. The minimum atomic E-state index is -0.754. The lowest BCUT2D eigenvalue weighted by Crippen LogP contribution is -2.45. The number of nitrogens with one attached hydrogen (secondary N) is 1. The summed E-state index contributed by atoms with van der Waals surface area (Å²) in [6.45, 7) is 5.60. The zero-order valence-electron chi connectivity index (χ0n) is 10.9. The lowest BCUT2D eigenvalue weighted by Gasteiger charge is -2.34. The topological polar surface area (TPSA) is 15.3 Å². The Bertz CT molecular complexity index is 385. The quantitative estimate of drug-likeness (QED) is 0.922. The molecule has 2 rings (SSSR count). The number of rotatable bonds is 3. The van der Waals surface area contributed by atoms with Crippen molar-refractivity contribution < 1.29 is 8.78 Å². The van der Waals surface area contributed by atoms with E-state index in [1.54, 1.807) is 12.1 Å². The monoisotopic (exact) mass is 312 g/mol. The Morgan fingerprint density at radius 3 is 2.42 bits per heavy atom. The van der Waals surface area contributed by atoms with Crippen LogP contribution in [0, 0.1) is 11.6 Å². The van der Waals surface area contributed by atoms with Crippen LogP contribution in [0.2, 0.25) is 0 Å². The first-order chi connectivity index (χ1) is 8.24. The second-order valence-electron chi connectivity index (χ2n) is 4.35. The maximum Gasteiger partial charge on any atom is 0.163 e. The molecule has 1 aliphatic heterocycles. The average molecular weight is 313 g/mol. The van der Waals surface area contributed by atoms with Gasteiger partial charge < -0.3 is 5.32 Å². The molecule has 19 heavy (non-hydrogen) atoms. The Kier molecular flexibility index (Phi) is 8.50. The molecule has 1 aliphatic rings. The number of halogens is 4. The van der Waals surface area contributed by atoms with Gasteiger partial charge in [-0.15, -0.1) is 24.8 Å². The fourth-order valence-corrected chi connectivity index (χ4v) is 2.45. The average Bonchev–Trinajstić information content (AvgIpc) is 2.37. The van der Waals surface area contributed by atoms with Gasteiger partial charge in [-0.3, -0.25) is 4.90 Å². The van der Waals surface area contributed by atoms with Gasteiger partial charge in [0.1, 0.15) is 0 Å². The van der Waals surface area contributed by atoms with Crippen molar-refractivity contribution >= 4 is 24.8 Å². The van der Waals surface area contributed by atoms with E-state index in [1.165, 1.54) is 6.07 Å². The third kappa shape index (κ3) is 4.28. The zero-order chi connectivity index (χ0) is 12.3. The molecule has 110 valence electrons. The molecule has 6 heteroatoms. The molecule has 1 aromatic carbocycles. The van der Waals surface area contributed by atoms with Crippen LogP contribution in [0.25, 0.3) is 0 Å². The smallest absolute Gasteiger partial charge is 0.163 e. The van der Waals surface area contributed by atoms with E-state index in [1.807, 2.05) is 6.92 Å². The van der Waals surface area contributed by atoms with Gasteiger partial charge in [-0.05, 0) is 12.5 Å². The first-order valence-electron chi connectivity index (χ1n) is 6.12. The normalized spacial score (nSPS) is 17.2. The highest BCUT2D eigenvalue weighted by Gasteiger charge is 2.24. The third-order valence-corrected chi connectivity index (χ3v) is 3.32. The van der Waals surface area contributed by atoms with Crippen molar-refractivity contribution in [1.29, 1.82) is 0 Å². The highest BCUT2D eigenvalue weighted by Crippen LogP contribution is 2.27. The highest BCUT2D eigenvalue weighted by molar-refractivity contribution is 5.85. The summed E-state index contributed by atoms with van der Waals surface area (Å²) in [6, 6.07) is 4.42. The van der Waals surface area contributed by atoms with Gasteiger partial charge in [-0.25, -0.2) is 8.78 Å². The van der Waals surface area contributed by atoms with Gasteiger partial charge >= 0.3 is 0 Å². The molecule has 1 N–H and O–H groups in total. The van der Waals surface area contributed by atoms with E-state index in [9.17, 15) is 8.78 Å². The van der Waals surface area contributed by atoms with Gasteiger partial charge in [0.25, 0.3) is 0 Å². The second kappa shape index (κ2) is 8.69. The lowest BCUT2D eigenvalue weighted by molar-refractivity contribution is 0.165. The van der Waals surface area contributed by atoms with Gasteiger partial charge in [0.2, 0.25) is 0 Å². The van der Waals surface area contributed by atoms with Gasteiger partial charge in [-0.2, -0.15) is 0 Å². The molecule has 1 saturated heterocycles. The van der Waals surface area contributed by atoms with Gasteiger partial charge in [0, 0.05) is 37.8 Å². The molecule has 0 saturated carbocycles. The summed E-state index contributed by atoms with van der Waals surface area (Å²) < 4.78 is 27.0. The summed E-state index contributed by atoms with van der Waals surface area (Å²) >= 11 is 0. The van der Waals surface area contributed by atoms with Gasteiger partial charge in [0.05, 0.1) is 0 Å². The summed E-state index contributed by atoms with van der Waals surface area (Å²) in [6.07, 6.45) is 0.792. The Balaban J connectivity index is 0.00000162. The molecule has 0 amide bonds. The predicted octanol–water partition coefficient (Wildman–Crippen LogP) is 3.16. The van der Waals surface area contributed by atoms with Crippen LogP contribution in [-0.4, -0.2) is 31.1 Å². The van der Waals surface area contributed by atoms with Crippen molar-refractivity contribution in [1.82, 2.24) is 10.2 Å². The molecule has 1 atom stereocenters. The fraction of sp³-hybridized carbons (Fsp3) is 0.538. The van der Waals surface area contributed by atoms with Gasteiger partial charge in [-0.1, -0.05) is 19.1 Å². The minimum absolute atomic E-state index is 0. The number of hydrogen-bond acceptors (Lipinski definition) is 2. The SMILES string of the molecule is CC[C@@H](c1cccc(F)c1F)N1CCNCC1.Cl.Cl. The van der Waals surface area contributed by atoms with Crippen LogP contribution in [0.3, 0.4) is 0 Å². The standard InChI is InChI=1S/C13H18F2N2.2ClH/c1-2-12(17-8-6-16-7-9-17)10-4-3-5-11(14)13(10)15;;/h3-5,12,16H,2,6-9H2,1H3;2*1H/t12-;;/m0../s1. The van der Waals surface area contributed by atoms with Crippen LogP contribution in [0.15, 0.2) is 18.2 Å². The molecule has 0 aromatic heterocycles. The number of nitrogens with zero attached hydrogens (tertiary/aromatic N) is 1. The Morgan fingerprint density at radius 1 is 1.21 bits per heavy atom. The van der Waals surface area contributed by atoms with Crippen molar-refractivity contribution in [3.8, 4) is 0 Å². The van der Waals surface area contributed by atoms with Crippen molar-refractivity contribution in [3.63, 3.8) is 0 Å². The van der Waals surface area contributed by atoms with Crippen LogP contribution in [-0.2, 0) is 0 Å². The Morgan fingerprint density at radius 2 is 1.84 bits per heavy atom. The van der Waals surface area contributed by atoms with E-state index in [0.717, 1.165) is 32.6 Å². The van der Waals surface area contributed by atoms with Crippen LogP contribution >= 0.6 is 24.8 Å². The lowest BCUT2D eigenvalue weighted by atomic mass is 10.0. The summed E-state index contributed by atoms with van der Waals surface area (Å²) in [4.78, 5) is 2.22. The van der Waals surface area contributed by atoms with Crippen LogP contribution in [0.1, 0.15) is 24.9 Å². The molecule has 1 aromatic rings. The van der Waals surface area contributed by atoms with E-state index in [4.69, 9.17) is 0 Å². The maximum absolute atomic E-state index is 13.8. The predicted molar refractivity (Wildman–Crippen MR) is 78.3 cm³/mol. The third-order valence-electron chi connectivity index (χ3n) is 3.32. The van der Waals surface area contributed by atoms with Crippen LogP contribution in [0.5, 0.6) is 0 Å². The Labute approximate surface area is 125 Å². The number of piperazine rings is 1. The molecule has 0 spiro atoms. The zero-order valence-corrected chi connectivity index (χ0v) is 12.5. The largest absolute Gasteiger partial charge is 0.314 e. The molecular formula is C13H20Cl2F2N2. The molecule has 1 heterocycles. The number of hydrogen-bond donors (Lipinski definition) is 1. The fourth-order valence-electron chi connectivity index (χ4n) is 2.45. The molecule has 0 bridgehead atoms. The van der Waals surface area contributed by atoms with E-state index in [0.29, 0.717) is 5.56 Å². The molecule has 1 fully saturated rings. The van der Waals surface area contributed by atoms with E-state index in [-0.39, 0.29) is 30.9 Å². The second-order valence-corrected chi connectivity index (χ2v) is 4.35. The molecule has 0 radical (unpaired) electrons. The molecule has 0 unspecified atom stereocenters. The maximum atomic E-state index is 13.8. The van der Waals surface area contributed by atoms with Crippen molar-refractivity contribution in [2.75, 3.05) is 26.2 Å². The van der Waals surface area contributed by atoms with Crippen LogP contribution < -0.4 is 5.32 Å². The Hall–Kier alpha value is -0.420. The van der Waals surface area contributed by atoms with Crippen LogP contribution in [0.4, 0.5) is 8.78 Å². The molecular weight excluding hydrogens is 293 g/mol. The van der Waals surface area contributed by atoms with Crippen molar-refractivity contribution in [2.45, 2.75) is 19.4 Å². The molecule has 0 aliphatic carbocycles. The first kappa shape index (κ1) is 18.6. The molecule has 2 nitrogen and oxygen atoms in total. The van der Waals surface area contributed by atoms with E-state index in [2.05, 4.69) is 10.2 Å². The van der Waals surface area contributed by atoms with E-state index < -0.39 is 11.6 Å². The van der Waals surface area contributed by atoms with E-state index >= 15 is 0 Å². The number of benzene rings is 1. The summed E-state index contributed by atoms with van der Waals surface area (Å²) in [5, 5.41) is 3.26. The summed E-state index contributed by atoms with van der Waals surface area (Å²) in [5.74, 6) is -1.45. The summed E-state index contributed by atoms with van der Waals surface area (Å²) in [5.41, 5.74) is 0.481. The highest BCUT2D eigenvalue weighted by atomic mass is 35.5. The van der Waals surface area contributed by atoms with Crippen molar-refractivity contribution in [2.24, 2.45) is 0 Å².